The summed E-state index contributed by atoms with van der Waals surface area (Å²) >= 11 is 0. The molecule has 1 atom stereocenters. The molecule has 6 heteroatoms. The minimum Gasteiger partial charge on any atom is -0.462 e. The summed E-state index contributed by atoms with van der Waals surface area (Å²) in [4.78, 5) is 38.4. The fourth-order valence-corrected chi connectivity index (χ4v) is 11.1. The van der Waals surface area contributed by atoms with Crippen molar-refractivity contribution in [2.24, 2.45) is 0 Å². The van der Waals surface area contributed by atoms with Gasteiger partial charge in [-0.15, -0.1) is 0 Å². The highest BCUT2D eigenvalue weighted by Crippen LogP contribution is 2.19. The summed E-state index contributed by atoms with van der Waals surface area (Å²) in [5.74, 6) is -0.850. The predicted molar refractivity (Wildman–Crippen MR) is 349 cm³/mol. The standard InChI is InChI=1S/C74H138O6/c1-4-7-10-13-16-19-22-25-28-30-31-32-33-34-35-36-37-38-39-40-41-42-44-46-49-52-55-58-61-64-67-73(76)79-70-71(69-78-72(75)66-63-60-57-54-51-48-45-27-24-21-18-15-12-9-6-3)80-74(77)68-65-62-59-56-53-50-47-43-29-26-23-20-17-14-11-8-5-2/h8,11,17,20,26,29,71H,4-7,9-10,12-16,18-19,21-25,27-28,30-70H2,1-3H3/b11-8-,20-17-,29-26-. The molecule has 0 aromatic carbocycles. The molecule has 0 N–H and O–H groups in total. The molecule has 0 rings (SSSR count). The van der Waals surface area contributed by atoms with Crippen molar-refractivity contribution in [3.63, 3.8) is 0 Å². The largest absolute Gasteiger partial charge is 0.462 e. The molecular weight excluding hydrogens is 985 g/mol. The Kier molecular flexibility index (Phi) is 67.1. The molecule has 0 saturated carbocycles. The van der Waals surface area contributed by atoms with Crippen LogP contribution in [-0.2, 0) is 28.6 Å². The second kappa shape index (κ2) is 69.1. The number of ether oxygens (including phenoxy) is 3. The van der Waals surface area contributed by atoms with Crippen LogP contribution in [0.15, 0.2) is 36.5 Å². The Hall–Kier alpha value is -2.37. The van der Waals surface area contributed by atoms with Crippen LogP contribution in [0.4, 0.5) is 0 Å². The van der Waals surface area contributed by atoms with Gasteiger partial charge in [-0.25, -0.2) is 0 Å². The molecular formula is C74H138O6. The van der Waals surface area contributed by atoms with Crippen molar-refractivity contribution >= 4 is 17.9 Å². The lowest BCUT2D eigenvalue weighted by atomic mass is 10.0. The van der Waals surface area contributed by atoms with Crippen molar-refractivity contribution < 1.29 is 28.6 Å². The Labute approximate surface area is 499 Å². The Bertz CT molecular complexity index is 1340. The first-order valence-electron chi connectivity index (χ1n) is 36.0. The fraction of sp³-hybridized carbons (Fsp3) is 0.878. The SMILES string of the molecule is CC/C=C\C/C=C\C/C=C\CCCCCCCCCC(=O)OC(COC(=O)CCCCCCCCCCCCCCCCC)COC(=O)CCCCCCCCCCCCCCCCCCCCCCCCCCCCCCCC. The van der Waals surface area contributed by atoms with E-state index >= 15 is 0 Å². The minimum atomic E-state index is -0.775. The lowest BCUT2D eigenvalue weighted by Gasteiger charge is -2.18. The zero-order valence-corrected chi connectivity index (χ0v) is 54.1. The number of hydrogen-bond donors (Lipinski definition) is 0. The molecule has 0 aromatic heterocycles. The van der Waals surface area contributed by atoms with Gasteiger partial charge in [0.15, 0.2) is 6.10 Å². The van der Waals surface area contributed by atoms with E-state index in [0.717, 1.165) is 83.5 Å². The lowest BCUT2D eigenvalue weighted by Crippen LogP contribution is -2.30. The van der Waals surface area contributed by atoms with E-state index in [4.69, 9.17) is 14.2 Å². The van der Waals surface area contributed by atoms with Crippen molar-refractivity contribution in [3.8, 4) is 0 Å². The molecule has 470 valence electrons. The zero-order chi connectivity index (χ0) is 57.8. The number of unbranched alkanes of at least 4 members (excludes halogenated alkanes) is 50. The molecule has 0 amide bonds. The number of rotatable bonds is 67. The highest BCUT2D eigenvalue weighted by Gasteiger charge is 2.19. The van der Waals surface area contributed by atoms with Gasteiger partial charge in [-0.3, -0.25) is 14.4 Å². The van der Waals surface area contributed by atoms with Crippen molar-refractivity contribution in [2.45, 2.75) is 406 Å². The quantitative estimate of drug-likeness (QED) is 0.0261. The van der Waals surface area contributed by atoms with Gasteiger partial charge in [0.2, 0.25) is 0 Å². The smallest absolute Gasteiger partial charge is 0.306 e. The maximum absolute atomic E-state index is 12.9. The van der Waals surface area contributed by atoms with E-state index in [2.05, 4.69) is 57.2 Å². The third-order valence-corrected chi connectivity index (χ3v) is 16.4. The van der Waals surface area contributed by atoms with Crippen molar-refractivity contribution in [1.82, 2.24) is 0 Å². The number of hydrogen-bond acceptors (Lipinski definition) is 6. The molecule has 0 heterocycles. The van der Waals surface area contributed by atoms with Crippen LogP contribution in [0.5, 0.6) is 0 Å². The molecule has 0 radical (unpaired) electrons. The third-order valence-electron chi connectivity index (χ3n) is 16.4. The van der Waals surface area contributed by atoms with Gasteiger partial charge in [-0.2, -0.15) is 0 Å². The van der Waals surface area contributed by atoms with E-state index in [1.807, 2.05) is 0 Å². The topological polar surface area (TPSA) is 78.9 Å². The first-order valence-corrected chi connectivity index (χ1v) is 36.0. The van der Waals surface area contributed by atoms with Crippen LogP contribution in [0.1, 0.15) is 400 Å². The van der Waals surface area contributed by atoms with Gasteiger partial charge >= 0.3 is 17.9 Å². The third kappa shape index (κ3) is 66.4. The second-order valence-corrected chi connectivity index (χ2v) is 24.5. The van der Waals surface area contributed by atoms with Gasteiger partial charge in [0.05, 0.1) is 0 Å². The molecule has 0 saturated heterocycles. The highest BCUT2D eigenvalue weighted by atomic mass is 16.6. The number of carbonyl (C=O) groups excluding carboxylic acids is 3. The Morgan fingerprint density at radius 3 is 0.762 bits per heavy atom. The van der Waals surface area contributed by atoms with Crippen LogP contribution >= 0.6 is 0 Å². The maximum Gasteiger partial charge on any atom is 0.306 e. The second-order valence-electron chi connectivity index (χ2n) is 24.5. The van der Waals surface area contributed by atoms with Gasteiger partial charge in [0, 0.05) is 19.3 Å². The van der Waals surface area contributed by atoms with Gasteiger partial charge in [-0.05, 0) is 51.4 Å². The summed E-state index contributed by atoms with van der Waals surface area (Å²) < 4.78 is 17.0. The van der Waals surface area contributed by atoms with Gasteiger partial charge in [0.1, 0.15) is 13.2 Å². The van der Waals surface area contributed by atoms with E-state index < -0.39 is 6.10 Å². The predicted octanol–water partition coefficient (Wildman–Crippen LogP) is 24.7. The zero-order valence-electron chi connectivity index (χ0n) is 54.1. The van der Waals surface area contributed by atoms with Crippen LogP contribution in [0.25, 0.3) is 0 Å². The van der Waals surface area contributed by atoms with Crippen molar-refractivity contribution in [1.29, 1.82) is 0 Å². The van der Waals surface area contributed by atoms with Crippen LogP contribution in [-0.4, -0.2) is 37.2 Å². The Morgan fingerprint density at radius 1 is 0.263 bits per heavy atom. The van der Waals surface area contributed by atoms with E-state index in [0.29, 0.717) is 19.3 Å². The van der Waals surface area contributed by atoms with Crippen LogP contribution < -0.4 is 0 Å². The number of allylic oxidation sites excluding steroid dienone is 6. The van der Waals surface area contributed by atoms with Gasteiger partial charge < -0.3 is 14.2 Å². The van der Waals surface area contributed by atoms with Crippen LogP contribution in [0.3, 0.4) is 0 Å². The Balaban J connectivity index is 4.17. The normalized spacial score (nSPS) is 12.2. The molecule has 0 fully saturated rings. The van der Waals surface area contributed by atoms with Gasteiger partial charge in [0.25, 0.3) is 0 Å². The summed E-state index contributed by atoms with van der Waals surface area (Å²) in [5.41, 5.74) is 0. The summed E-state index contributed by atoms with van der Waals surface area (Å²) in [6, 6.07) is 0. The molecule has 0 aromatic rings. The molecule has 0 spiro atoms. The van der Waals surface area contributed by atoms with Crippen molar-refractivity contribution in [3.05, 3.63) is 36.5 Å². The van der Waals surface area contributed by atoms with Crippen LogP contribution in [0.2, 0.25) is 0 Å². The molecule has 6 nitrogen and oxygen atoms in total. The molecule has 80 heavy (non-hydrogen) atoms. The number of carbonyl (C=O) groups is 3. The van der Waals surface area contributed by atoms with E-state index in [1.165, 1.54) is 276 Å². The van der Waals surface area contributed by atoms with Crippen molar-refractivity contribution in [2.75, 3.05) is 13.2 Å². The molecule has 0 aliphatic rings. The highest BCUT2D eigenvalue weighted by molar-refractivity contribution is 5.71. The number of esters is 3. The lowest BCUT2D eigenvalue weighted by molar-refractivity contribution is -0.167. The molecule has 1 unspecified atom stereocenters. The molecule has 0 bridgehead atoms. The first-order chi connectivity index (χ1) is 39.5. The first kappa shape index (κ1) is 77.6. The van der Waals surface area contributed by atoms with E-state index in [1.54, 1.807) is 0 Å². The van der Waals surface area contributed by atoms with Gasteiger partial charge in [-0.1, -0.05) is 365 Å². The summed E-state index contributed by atoms with van der Waals surface area (Å²) in [6.07, 6.45) is 86.2. The summed E-state index contributed by atoms with van der Waals surface area (Å²) in [5, 5.41) is 0. The van der Waals surface area contributed by atoms with Crippen LogP contribution in [0, 0.1) is 0 Å². The summed E-state index contributed by atoms with van der Waals surface area (Å²) in [7, 11) is 0. The Morgan fingerprint density at radius 2 is 0.487 bits per heavy atom. The average molecular weight is 1120 g/mol. The molecule has 0 aliphatic carbocycles. The average Bonchev–Trinajstić information content (AvgIpc) is 3.46. The fourth-order valence-electron chi connectivity index (χ4n) is 11.1. The monoisotopic (exact) mass is 1120 g/mol. The summed E-state index contributed by atoms with van der Waals surface area (Å²) in [6.45, 7) is 6.60. The van der Waals surface area contributed by atoms with E-state index in [9.17, 15) is 14.4 Å². The maximum atomic E-state index is 12.9. The minimum absolute atomic E-state index is 0.0705. The van der Waals surface area contributed by atoms with E-state index in [-0.39, 0.29) is 31.1 Å². The molecule has 0 aliphatic heterocycles.